The number of phenolic OH excluding ortho intramolecular Hbond substituents is 1. The Labute approximate surface area is 88.1 Å². The van der Waals surface area contributed by atoms with Crippen molar-refractivity contribution >= 4 is 23.4 Å². The van der Waals surface area contributed by atoms with Gasteiger partial charge in [0.2, 0.25) is 0 Å². The second-order valence-electron chi connectivity index (χ2n) is 2.91. The summed E-state index contributed by atoms with van der Waals surface area (Å²) in [6, 6.07) is 1.81. The number of rotatable bonds is 2. The zero-order valence-electron chi connectivity index (χ0n) is 8.02. The second kappa shape index (κ2) is 4.25. The molecule has 1 nitrogen and oxygen atoms in total. The zero-order chi connectivity index (χ0) is 10.0. The van der Waals surface area contributed by atoms with Crippen LogP contribution in [-0.4, -0.2) is 10.9 Å². The summed E-state index contributed by atoms with van der Waals surface area (Å²) in [6.07, 6.45) is 0. The average molecular weight is 217 g/mol. The van der Waals surface area contributed by atoms with Gasteiger partial charge in [0.25, 0.3) is 0 Å². The normalized spacial score (nSPS) is 10.5. The molecule has 0 spiro atoms. The van der Waals surface area contributed by atoms with Crippen molar-refractivity contribution in [1.29, 1.82) is 0 Å². The number of phenols is 1. The monoisotopic (exact) mass is 216 g/mol. The molecule has 0 aliphatic rings. The van der Waals surface area contributed by atoms with Crippen LogP contribution in [0.4, 0.5) is 0 Å². The van der Waals surface area contributed by atoms with E-state index >= 15 is 0 Å². The lowest BCUT2D eigenvalue weighted by atomic mass is 10.1. The fraction of sp³-hybridized carbons (Fsp3) is 0.400. The molecule has 0 amide bonds. The van der Waals surface area contributed by atoms with Gasteiger partial charge < -0.3 is 5.11 Å². The third kappa shape index (κ3) is 2.12. The lowest BCUT2D eigenvalue weighted by Gasteiger charge is -2.11. The largest absolute Gasteiger partial charge is 0.506 e. The first-order valence-corrected chi connectivity index (χ1v) is 5.55. The number of benzene rings is 1. The molecule has 1 aromatic rings. The molecule has 1 rings (SSSR count). The van der Waals surface area contributed by atoms with Gasteiger partial charge in [0.05, 0.1) is 5.02 Å². The Bertz CT molecular complexity index is 323. The van der Waals surface area contributed by atoms with Crippen LogP contribution in [0.25, 0.3) is 0 Å². The molecule has 0 saturated carbocycles. The van der Waals surface area contributed by atoms with Crippen LogP contribution >= 0.6 is 23.4 Å². The highest BCUT2D eigenvalue weighted by atomic mass is 35.5. The number of hydrogen-bond donors (Lipinski definition) is 1. The van der Waals surface area contributed by atoms with E-state index in [2.05, 4.69) is 6.92 Å². The van der Waals surface area contributed by atoms with Crippen LogP contribution in [0.2, 0.25) is 5.02 Å². The Kier molecular flexibility index (Phi) is 3.51. The number of thioether (sulfide) groups is 1. The van der Waals surface area contributed by atoms with Crippen LogP contribution < -0.4 is 0 Å². The molecule has 3 heteroatoms. The highest BCUT2D eigenvalue weighted by Crippen LogP contribution is 2.36. The summed E-state index contributed by atoms with van der Waals surface area (Å²) in [4.78, 5) is 1.14. The average Bonchev–Trinajstić information content (AvgIpc) is 2.09. The third-order valence-electron chi connectivity index (χ3n) is 1.91. The van der Waals surface area contributed by atoms with Crippen molar-refractivity contribution in [2.75, 3.05) is 5.75 Å². The van der Waals surface area contributed by atoms with E-state index in [9.17, 15) is 5.11 Å². The Morgan fingerprint density at radius 3 is 2.62 bits per heavy atom. The standard InChI is InChI=1S/C10H13ClOS/c1-4-13-10-6(2)5-8(11)9(12)7(10)3/h5,12H,4H2,1-3H3. The molecule has 0 atom stereocenters. The van der Waals surface area contributed by atoms with E-state index in [4.69, 9.17) is 11.6 Å². The fourth-order valence-electron chi connectivity index (χ4n) is 1.27. The van der Waals surface area contributed by atoms with Crippen molar-refractivity contribution in [1.82, 2.24) is 0 Å². The molecular formula is C10H13ClOS. The van der Waals surface area contributed by atoms with Gasteiger partial charge >= 0.3 is 0 Å². The smallest absolute Gasteiger partial charge is 0.138 e. The number of aromatic hydroxyl groups is 1. The van der Waals surface area contributed by atoms with Crippen LogP contribution in [0.1, 0.15) is 18.1 Å². The Hall–Kier alpha value is -0.340. The van der Waals surface area contributed by atoms with Gasteiger partial charge in [0.1, 0.15) is 5.75 Å². The summed E-state index contributed by atoms with van der Waals surface area (Å²) < 4.78 is 0. The number of aryl methyl sites for hydroxylation is 1. The molecule has 0 unspecified atom stereocenters. The molecule has 0 saturated heterocycles. The molecule has 0 aliphatic carbocycles. The Balaban J connectivity index is 3.26. The molecule has 0 heterocycles. The first kappa shape index (κ1) is 10.7. The zero-order valence-corrected chi connectivity index (χ0v) is 9.59. The van der Waals surface area contributed by atoms with Gasteiger partial charge in [-0.3, -0.25) is 0 Å². The van der Waals surface area contributed by atoms with E-state index in [0.717, 1.165) is 21.8 Å². The van der Waals surface area contributed by atoms with Crippen molar-refractivity contribution in [2.24, 2.45) is 0 Å². The van der Waals surface area contributed by atoms with Crippen molar-refractivity contribution in [3.63, 3.8) is 0 Å². The molecule has 0 aliphatic heterocycles. The fourth-order valence-corrected chi connectivity index (χ4v) is 2.47. The van der Waals surface area contributed by atoms with Crippen molar-refractivity contribution in [3.8, 4) is 5.75 Å². The molecule has 1 N–H and O–H groups in total. The van der Waals surface area contributed by atoms with Gasteiger partial charge in [-0.25, -0.2) is 0 Å². The summed E-state index contributed by atoms with van der Waals surface area (Å²) in [5, 5.41) is 10.0. The van der Waals surface area contributed by atoms with Gasteiger partial charge in [0, 0.05) is 10.5 Å². The van der Waals surface area contributed by atoms with E-state index in [1.807, 2.05) is 19.9 Å². The molecule has 1 aromatic carbocycles. The molecule has 72 valence electrons. The second-order valence-corrected chi connectivity index (χ2v) is 4.59. The van der Waals surface area contributed by atoms with Gasteiger partial charge in [-0.2, -0.15) is 0 Å². The van der Waals surface area contributed by atoms with Crippen LogP contribution in [0.5, 0.6) is 5.75 Å². The topological polar surface area (TPSA) is 20.2 Å². The highest BCUT2D eigenvalue weighted by Gasteiger charge is 2.10. The minimum Gasteiger partial charge on any atom is -0.506 e. The third-order valence-corrected chi connectivity index (χ3v) is 3.41. The molecule has 0 radical (unpaired) electrons. The Morgan fingerprint density at radius 1 is 1.46 bits per heavy atom. The molecule has 0 aromatic heterocycles. The van der Waals surface area contributed by atoms with Crippen LogP contribution in [0.15, 0.2) is 11.0 Å². The molecule has 0 bridgehead atoms. The van der Waals surface area contributed by atoms with Crippen molar-refractivity contribution < 1.29 is 5.11 Å². The molecular weight excluding hydrogens is 204 g/mol. The highest BCUT2D eigenvalue weighted by molar-refractivity contribution is 7.99. The summed E-state index contributed by atoms with van der Waals surface area (Å²) in [5.41, 5.74) is 2.02. The molecule has 0 fully saturated rings. The van der Waals surface area contributed by atoms with Crippen LogP contribution in [0, 0.1) is 13.8 Å². The predicted octanol–water partition coefficient (Wildman–Crippen LogP) is 3.77. The maximum absolute atomic E-state index is 9.59. The summed E-state index contributed by atoms with van der Waals surface area (Å²) in [6.45, 7) is 6.00. The van der Waals surface area contributed by atoms with Gasteiger partial charge in [-0.15, -0.1) is 11.8 Å². The summed E-state index contributed by atoms with van der Waals surface area (Å²) in [7, 11) is 0. The quantitative estimate of drug-likeness (QED) is 0.760. The summed E-state index contributed by atoms with van der Waals surface area (Å²) in [5.74, 6) is 1.21. The Morgan fingerprint density at radius 2 is 2.08 bits per heavy atom. The van der Waals surface area contributed by atoms with Gasteiger partial charge in [-0.1, -0.05) is 18.5 Å². The van der Waals surface area contributed by atoms with Crippen molar-refractivity contribution in [3.05, 3.63) is 22.2 Å². The van der Waals surface area contributed by atoms with Gasteiger partial charge in [0.15, 0.2) is 0 Å². The lowest BCUT2D eigenvalue weighted by molar-refractivity contribution is 0.469. The number of hydrogen-bond acceptors (Lipinski definition) is 2. The molecule has 13 heavy (non-hydrogen) atoms. The van der Waals surface area contributed by atoms with Crippen molar-refractivity contribution in [2.45, 2.75) is 25.7 Å². The van der Waals surface area contributed by atoms with E-state index in [1.165, 1.54) is 0 Å². The van der Waals surface area contributed by atoms with E-state index in [1.54, 1.807) is 11.8 Å². The minimum atomic E-state index is 0.211. The maximum atomic E-state index is 9.59. The maximum Gasteiger partial charge on any atom is 0.138 e. The predicted molar refractivity (Wildman–Crippen MR) is 59.0 cm³/mol. The van der Waals surface area contributed by atoms with E-state index in [-0.39, 0.29) is 5.75 Å². The summed E-state index contributed by atoms with van der Waals surface area (Å²) >= 11 is 7.56. The minimum absolute atomic E-state index is 0.211. The number of halogens is 1. The van der Waals surface area contributed by atoms with Crippen LogP contribution in [0.3, 0.4) is 0 Å². The first-order chi connectivity index (χ1) is 6.07. The SMILES string of the molecule is CCSc1c(C)cc(Cl)c(O)c1C. The van der Waals surface area contributed by atoms with E-state index in [0.29, 0.717) is 5.02 Å². The van der Waals surface area contributed by atoms with Gasteiger partial charge in [-0.05, 0) is 31.2 Å². The van der Waals surface area contributed by atoms with E-state index < -0.39 is 0 Å². The first-order valence-electron chi connectivity index (χ1n) is 4.19. The van der Waals surface area contributed by atoms with Crippen LogP contribution in [-0.2, 0) is 0 Å². The lowest BCUT2D eigenvalue weighted by Crippen LogP contribution is -1.87.